The summed E-state index contributed by atoms with van der Waals surface area (Å²) in [6.45, 7) is 3.65. The van der Waals surface area contributed by atoms with E-state index in [2.05, 4.69) is 129 Å². The Morgan fingerprint density at radius 1 is 0.449 bits per heavy atom. The first kappa shape index (κ1) is 72.6. The highest BCUT2D eigenvalue weighted by Crippen LogP contribution is 2.23. The zero-order valence-corrected chi connectivity index (χ0v) is 49.6. The largest absolute Gasteiger partial charge is 0.394 e. The Morgan fingerprint density at radius 2 is 0.808 bits per heavy atom. The van der Waals surface area contributed by atoms with Crippen molar-refractivity contribution in [3.05, 3.63) is 122 Å². The van der Waals surface area contributed by atoms with Crippen LogP contribution in [0.3, 0.4) is 0 Å². The number of allylic oxidation sites excluding steroid dienone is 19. The van der Waals surface area contributed by atoms with Crippen LogP contribution in [-0.4, -0.2) is 87.5 Å². The molecule has 0 aromatic heterocycles. The second-order valence-corrected chi connectivity index (χ2v) is 21.4. The summed E-state index contributed by atoms with van der Waals surface area (Å²) in [7, 11) is 0. The standard InChI is InChI=1S/C69H117NO8/c1-3-5-7-9-11-13-15-17-19-21-23-25-26-27-28-29-30-31-32-33-34-35-36-37-38-39-41-43-45-47-49-51-53-55-57-59-65(73)70-62(61-77-69-68(76)67(75)66(74)64(60-71)78-69)63(72)58-56-54-52-50-48-46-44-42-40-24-22-20-18-16-14-12-10-8-6-4-2/h5,7,11,13,17,19,23,25,27-28,30-31,33-34,40,42,48,50,56,58,62-64,66-69,71-72,74-76H,3-4,6,8-10,12,14-16,18,20-22,24,26,29,32,35-39,41,43-47,49,51-55,57,59-61H2,1-2H3,(H,70,73)/b7-5-,13-11-,19-17-,25-23-,28-27-,31-30-,34-33-,42-40+,50-48+,58-56+. The first-order valence-corrected chi connectivity index (χ1v) is 31.8. The highest BCUT2D eigenvalue weighted by molar-refractivity contribution is 5.76. The van der Waals surface area contributed by atoms with E-state index in [4.69, 9.17) is 9.47 Å². The van der Waals surface area contributed by atoms with Gasteiger partial charge in [-0.25, -0.2) is 0 Å². The van der Waals surface area contributed by atoms with Gasteiger partial charge in [-0.3, -0.25) is 4.79 Å². The minimum absolute atomic E-state index is 0.196. The maximum Gasteiger partial charge on any atom is 0.220 e. The number of hydrogen-bond acceptors (Lipinski definition) is 8. The molecule has 0 radical (unpaired) electrons. The Labute approximate surface area is 478 Å². The normalized spacial score (nSPS) is 19.5. The lowest BCUT2D eigenvalue weighted by Crippen LogP contribution is -2.60. The molecule has 446 valence electrons. The predicted molar refractivity (Wildman–Crippen MR) is 331 cm³/mol. The predicted octanol–water partition coefficient (Wildman–Crippen LogP) is 16.7. The van der Waals surface area contributed by atoms with E-state index in [0.717, 1.165) is 96.3 Å². The molecule has 1 aliphatic heterocycles. The third-order valence-corrected chi connectivity index (χ3v) is 14.2. The Kier molecular flexibility index (Phi) is 52.9. The van der Waals surface area contributed by atoms with Gasteiger partial charge in [0.15, 0.2) is 6.29 Å². The van der Waals surface area contributed by atoms with Gasteiger partial charge in [-0.05, 0) is 103 Å². The average Bonchev–Trinajstić information content (AvgIpc) is 3.45. The minimum atomic E-state index is -1.58. The van der Waals surface area contributed by atoms with Crippen molar-refractivity contribution in [2.24, 2.45) is 0 Å². The van der Waals surface area contributed by atoms with Crippen LogP contribution in [0.25, 0.3) is 0 Å². The molecule has 1 rings (SSSR count). The molecule has 0 aliphatic carbocycles. The molecule has 7 atom stereocenters. The third-order valence-electron chi connectivity index (χ3n) is 14.2. The lowest BCUT2D eigenvalue weighted by atomic mass is 9.99. The Morgan fingerprint density at radius 3 is 1.23 bits per heavy atom. The van der Waals surface area contributed by atoms with Crippen LogP contribution in [0.1, 0.15) is 251 Å². The van der Waals surface area contributed by atoms with Crippen molar-refractivity contribution in [2.75, 3.05) is 13.2 Å². The van der Waals surface area contributed by atoms with Crippen molar-refractivity contribution in [1.82, 2.24) is 5.32 Å². The number of rotatable bonds is 53. The molecule has 9 nitrogen and oxygen atoms in total. The van der Waals surface area contributed by atoms with E-state index in [9.17, 15) is 30.3 Å². The zero-order valence-electron chi connectivity index (χ0n) is 49.6. The van der Waals surface area contributed by atoms with Gasteiger partial charge in [0.05, 0.1) is 25.4 Å². The molecule has 1 fully saturated rings. The van der Waals surface area contributed by atoms with Gasteiger partial charge in [0.1, 0.15) is 24.4 Å². The summed E-state index contributed by atoms with van der Waals surface area (Å²) in [6.07, 6.45) is 78.5. The van der Waals surface area contributed by atoms with Crippen LogP contribution in [0.4, 0.5) is 0 Å². The molecule has 0 saturated carbocycles. The second-order valence-electron chi connectivity index (χ2n) is 21.4. The fourth-order valence-corrected chi connectivity index (χ4v) is 9.29. The second kappa shape index (κ2) is 56.8. The smallest absolute Gasteiger partial charge is 0.220 e. The van der Waals surface area contributed by atoms with Crippen LogP contribution in [-0.2, 0) is 14.3 Å². The van der Waals surface area contributed by atoms with Gasteiger partial charge >= 0.3 is 0 Å². The van der Waals surface area contributed by atoms with Crippen LogP contribution >= 0.6 is 0 Å². The molecule has 7 unspecified atom stereocenters. The van der Waals surface area contributed by atoms with E-state index in [1.807, 2.05) is 6.08 Å². The molecule has 78 heavy (non-hydrogen) atoms. The van der Waals surface area contributed by atoms with Gasteiger partial charge < -0.3 is 40.3 Å². The van der Waals surface area contributed by atoms with Gasteiger partial charge in [0.25, 0.3) is 0 Å². The van der Waals surface area contributed by atoms with Crippen molar-refractivity contribution >= 4 is 5.91 Å². The number of aliphatic hydroxyl groups is 5. The summed E-state index contributed by atoms with van der Waals surface area (Å²) < 4.78 is 11.3. The number of hydrogen-bond donors (Lipinski definition) is 6. The van der Waals surface area contributed by atoms with Gasteiger partial charge in [0.2, 0.25) is 5.91 Å². The number of amides is 1. The average molecular weight is 1090 g/mol. The van der Waals surface area contributed by atoms with Crippen LogP contribution in [0.5, 0.6) is 0 Å². The third kappa shape index (κ3) is 45.3. The van der Waals surface area contributed by atoms with Crippen LogP contribution < -0.4 is 5.32 Å². The molecule has 9 heteroatoms. The van der Waals surface area contributed by atoms with Gasteiger partial charge in [-0.1, -0.05) is 264 Å². The summed E-state index contributed by atoms with van der Waals surface area (Å²) in [4.78, 5) is 13.1. The maximum atomic E-state index is 13.1. The molecule has 0 aromatic rings. The van der Waals surface area contributed by atoms with Gasteiger partial charge in [0, 0.05) is 6.42 Å². The highest BCUT2D eigenvalue weighted by Gasteiger charge is 2.44. The van der Waals surface area contributed by atoms with Crippen molar-refractivity contribution in [3.63, 3.8) is 0 Å². The summed E-state index contributed by atoms with van der Waals surface area (Å²) in [5.41, 5.74) is 0. The maximum absolute atomic E-state index is 13.1. The highest BCUT2D eigenvalue weighted by atomic mass is 16.7. The van der Waals surface area contributed by atoms with E-state index in [1.54, 1.807) is 6.08 Å². The molecule has 6 N–H and O–H groups in total. The number of carbonyl (C=O) groups is 1. The lowest BCUT2D eigenvalue weighted by molar-refractivity contribution is -0.302. The number of aliphatic hydroxyl groups excluding tert-OH is 5. The Bertz CT molecular complexity index is 1640. The molecular weight excluding hydrogens is 971 g/mol. The van der Waals surface area contributed by atoms with Crippen molar-refractivity contribution in [2.45, 2.75) is 294 Å². The van der Waals surface area contributed by atoms with Gasteiger partial charge in [-0.15, -0.1) is 0 Å². The van der Waals surface area contributed by atoms with Crippen molar-refractivity contribution < 1.29 is 39.8 Å². The molecule has 1 aliphatic rings. The first-order chi connectivity index (χ1) is 38.3. The molecule has 1 amide bonds. The Balaban J connectivity index is 2.19. The topological polar surface area (TPSA) is 149 Å². The molecule has 1 heterocycles. The van der Waals surface area contributed by atoms with Crippen LogP contribution in [0.2, 0.25) is 0 Å². The molecule has 0 bridgehead atoms. The zero-order chi connectivity index (χ0) is 56.5. The molecule has 1 saturated heterocycles. The number of nitrogens with one attached hydrogen (secondary N) is 1. The van der Waals surface area contributed by atoms with E-state index in [-0.39, 0.29) is 12.5 Å². The van der Waals surface area contributed by atoms with Gasteiger partial charge in [-0.2, -0.15) is 0 Å². The molecule has 0 aromatic carbocycles. The number of ether oxygens (including phenoxy) is 2. The van der Waals surface area contributed by atoms with Crippen LogP contribution in [0, 0.1) is 0 Å². The van der Waals surface area contributed by atoms with Crippen molar-refractivity contribution in [1.29, 1.82) is 0 Å². The SMILES string of the molecule is CC/C=C\C/C=C\C/C=C\C/C=C\C/C=C\C/C=C\C/C=C\CCCCCCCCCCCCCCCC(=O)NC(COC1OC(CO)C(O)C(O)C1O)C(O)/C=C/CC/C=C/CC/C=C/CCCCCCCCCCCC. The minimum Gasteiger partial charge on any atom is -0.394 e. The summed E-state index contributed by atoms with van der Waals surface area (Å²) >= 11 is 0. The molecular formula is C69H117NO8. The molecule has 0 spiro atoms. The Hall–Kier alpha value is -3.41. The number of carbonyl (C=O) groups excluding carboxylic acids is 1. The number of unbranched alkanes of at least 4 members (excludes halogenated alkanes) is 25. The summed E-state index contributed by atoms with van der Waals surface area (Å²) in [5, 5.41) is 54.6. The first-order valence-electron chi connectivity index (χ1n) is 31.8. The fraction of sp³-hybridized carbons (Fsp3) is 0.696. The lowest BCUT2D eigenvalue weighted by Gasteiger charge is -2.40. The fourth-order valence-electron chi connectivity index (χ4n) is 9.29. The summed E-state index contributed by atoms with van der Waals surface area (Å²) in [5.74, 6) is -0.196. The van der Waals surface area contributed by atoms with E-state index in [1.165, 1.54) is 135 Å². The van der Waals surface area contributed by atoms with E-state index >= 15 is 0 Å². The van der Waals surface area contributed by atoms with E-state index < -0.39 is 49.5 Å². The monoisotopic (exact) mass is 1090 g/mol. The van der Waals surface area contributed by atoms with Crippen LogP contribution in [0.15, 0.2) is 122 Å². The van der Waals surface area contributed by atoms with E-state index in [0.29, 0.717) is 6.42 Å². The van der Waals surface area contributed by atoms with Crippen molar-refractivity contribution in [3.8, 4) is 0 Å². The quantitative estimate of drug-likeness (QED) is 0.0261. The summed E-state index contributed by atoms with van der Waals surface area (Å²) in [6, 6.07) is -0.837.